The van der Waals surface area contributed by atoms with Crippen molar-refractivity contribution in [1.29, 1.82) is 0 Å². The summed E-state index contributed by atoms with van der Waals surface area (Å²) < 4.78 is 0. The van der Waals surface area contributed by atoms with Crippen molar-refractivity contribution in [2.75, 3.05) is 11.5 Å². The van der Waals surface area contributed by atoms with E-state index in [1.807, 2.05) is 0 Å². The summed E-state index contributed by atoms with van der Waals surface area (Å²) >= 11 is 7.64. The summed E-state index contributed by atoms with van der Waals surface area (Å²) in [7, 11) is 0. The zero-order valence-electron chi connectivity index (χ0n) is 15.0. The Morgan fingerprint density at radius 1 is 0.929 bits per heavy atom. The van der Waals surface area contributed by atoms with Gasteiger partial charge in [-0.05, 0) is 6.92 Å². The number of amides is 4. The summed E-state index contributed by atoms with van der Waals surface area (Å²) in [6, 6.07) is -5.46. The first kappa shape index (κ1) is 26.0. The van der Waals surface area contributed by atoms with Crippen LogP contribution in [-0.2, 0) is 24.0 Å². The maximum absolute atomic E-state index is 12.4. The number of carboxylic acids is 1. The van der Waals surface area contributed by atoms with Crippen LogP contribution in [0.3, 0.4) is 0 Å². The molecule has 0 bridgehead atoms. The molecule has 0 heterocycles. The Morgan fingerprint density at radius 3 is 1.86 bits per heavy atom. The molecule has 14 heteroatoms. The van der Waals surface area contributed by atoms with E-state index in [2.05, 4.69) is 41.2 Å². The van der Waals surface area contributed by atoms with Gasteiger partial charge in [0.25, 0.3) is 0 Å². The van der Waals surface area contributed by atoms with Crippen LogP contribution in [0.1, 0.15) is 13.3 Å². The molecule has 0 rings (SSSR count). The third-order valence-electron chi connectivity index (χ3n) is 3.43. The van der Waals surface area contributed by atoms with E-state index in [-0.39, 0.29) is 11.5 Å². The molecule has 9 N–H and O–H groups in total. The summed E-state index contributed by atoms with van der Waals surface area (Å²) in [6.45, 7) is 1.18. The summed E-state index contributed by atoms with van der Waals surface area (Å²) in [5.41, 5.74) is 10.6. The lowest BCUT2D eigenvalue weighted by atomic mass is 10.1. The number of carbonyl (C=O) groups excluding carboxylic acids is 4. The highest BCUT2D eigenvalue weighted by atomic mass is 32.1. The second-order valence-corrected chi connectivity index (χ2v) is 6.56. The standard InChI is InChI=1S/C14H25N5O7S2/c1-5(20)10(13(24)18-8(4-28)14(25)26)19-12(23)7(2-9(16)21)17-11(22)6(15)3-27/h5-8,10,20,27-28H,2-4,15H2,1H3,(H2,16,21)(H,17,22)(H,18,24)(H,19,23)(H,25,26). The van der Waals surface area contributed by atoms with Crippen LogP contribution in [0.5, 0.6) is 0 Å². The number of carboxylic acid groups (broad SMARTS) is 1. The van der Waals surface area contributed by atoms with Crippen LogP contribution in [0.15, 0.2) is 0 Å². The predicted octanol–water partition coefficient (Wildman–Crippen LogP) is -4.03. The lowest BCUT2D eigenvalue weighted by Crippen LogP contribution is -2.60. The van der Waals surface area contributed by atoms with Gasteiger partial charge in [-0.2, -0.15) is 25.3 Å². The van der Waals surface area contributed by atoms with Gasteiger partial charge < -0.3 is 37.6 Å². The Balaban J connectivity index is 5.32. The molecule has 0 spiro atoms. The molecular formula is C14H25N5O7S2. The molecule has 0 aromatic carbocycles. The van der Waals surface area contributed by atoms with Crippen molar-refractivity contribution < 1.29 is 34.2 Å². The van der Waals surface area contributed by atoms with Crippen LogP contribution in [0.25, 0.3) is 0 Å². The van der Waals surface area contributed by atoms with E-state index in [0.717, 1.165) is 0 Å². The van der Waals surface area contributed by atoms with Crippen LogP contribution in [0.2, 0.25) is 0 Å². The first-order valence-electron chi connectivity index (χ1n) is 8.02. The maximum atomic E-state index is 12.4. The molecular weight excluding hydrogens is 414 g/mol. The van der Waals surface area contributed by atoms with Crippen LogP contribution in [-0.4, -0.2) is 81.6 Å². The Bertz CT molecular complexity index is 605. The zero-order valence-corrected chi connectivity index (χ0v) is 16.8. The fourth-order valence-corrected chi connectivity index (χ4v) is 2.29. The van der Waals surface area contributed by atoms with Crippen molar-refractivity contribution in [1.82, 2.24) is 16.0 Å². The van der Waals surface area contributed by atoms with Gasteiger partial charge >= 0.3 is 5.97 Å². The normalized spacial score (nSPS) is 16.0. The molecule has 0 aromatic rings. The quantitative estimate of drug-likeness (QED) is 0.136. The van der Waals surface area contributed by atoms with Crippen molar-refractivity contribution in [3.63, 3.8) is 0 Å². The summed E-state index contributed by atoms with van der Waals surface area (Å²) in [4.78, 5) is 58.7. The van der Waals surface area contributed by atoms with E-state index in [0.29, 0.717) is 0 Å². The number of nitrogens with one attached hydrogen (secondary N) is 3. The van der Waals surface area contributed by atoms with Gasteiger partial charge in [-0.3, -0.25) is 19.2 Å². The largest absolute Gasteiger partial charge is 0.480 e. The number of aliphatic hydroxyl groups is 1. The van der Waals surface area contributed by atoms with Crippen LogP contribution in [0.4, 0.5) is 0 Å². The second-order valence-electron chi connectivity index (χ2n) is 5.83. The summed E-state index contributed by atoms with van der Waals surface area (Å²) in [6.07, 6.45) is -2.03. The van der Waals surface area contributed by atoms with Crippen molar-refractivity contribution in [3.8, 4) is 0 Å². The minimum atomic E-state index is -1.57. The zero-order chi connectivity index (χ0) is 22.0. The highest BCUT2D eigenvalue weighted by Gasteiger charge is 2.32. The van der Waals surface area contributed by atoms with E-state index >= 15 is 0 Å². The minimum Gasteiger partial charge on any atom is -0.480 e. The van der Waals surface area contributed by atoms with Crippen molar-refractivity contribution in [2.24, 2.45) is 11.5 Å². The third kappa shape index (κ3) is 8.77. The Morgan fingerprint density at radius 2 is 1.46 bits per heavy atom. The molecule has 0 aliphatic rings. The number of rotatable bonds is 12. The van der Waals surface area contributed by atoms with E-state index in [1.54, 1.807) is 0 Å². The van der Waals surface area contributed by atoms with E-state index in [9.17, 15) is 29.1 Å². The highest BCUT2D eigenvalue weighted by Crippen LogP contribution is 2.01. The third-order valence-corrected chi connectivity index (χ3v) is 4.19. The molecule has 0 radical (unpaired) electrons. The van der Waals surface area contributed by atoms with Gasteiger partial charge in [-0.25, -0.2) is 4.79 Å². The SMILES string of the molecule is CC(O)C(NC(=O)C(CC(N)=O)NC(=O)C(N)CS)C(=O)NC(CS)C(=O)O. The molecule has 0 aliphatic carbocycles. The number of aliphatic hydroxyl groups excluding tert-OH is 1. The average Bonchev–Trinajstić information content (AvgIpc) is 2.61. The number of thiol groups is 2. The van der Waals surface area contributed by atoms with Gasteiger partial charge in [-0.15, -0.1) is 0 Å². The lowest BCUT2D eigenvalue weighted by Gasteiger charge is -2.25. The molecule has 0 aromatic heterocycles. The monoisotopic (exact) mass is 439 g/mol. The second kappa shape index (κ2) is 12.4. The topological polar surface area (TPSA) is 214 Å². The average molecular weight is 440 g/mol. The first-order valence-corrected chi connectivity index (χ1v) is 9.28. The van der Waals surface area contributed by atoms with E-state index in [4.69, 9.17) is 16.6 Å². The van der Waals surface area contributed by atoms with E-state index < -0.39 is 66.3 Å². The van der Waals surface area contributed by atoms with Crippen LogP contribution >= 0.6 is 25.3 Å². The van der Waals surface area contributed by atoms with Gasteiger partial charge in [0.2, 0.25) is 23.6 Å². The van der Waals surface area contributed by atoms with Gasteiger partial charge in [0.1, 0.15) is 18.1 Å². The number of aliphatic carboxylic acids is 1. The number of hydrogen-bond acceptors (Lipinski definition) is 9. The molecule has 0 fully saturated rings. The smallest absolute Gasteiger partial charge is 0.327 e. The Labute approximate surface area is 172 Å². The van der Waals surface area contributed by atoms with Gasteiger partial charge in [0.05, 0.1) is 18.6 Å². The molecule has 0 aliphatic heterocycles. The molecule has 28 heavy (non-hydrogen) atoms. The number of hydrogen-bond donors (Lipinski definition) is 9. The summed E-state index contributed by atoms with van der Waals surface area (Å²) in [5.74, 6) is -5.33. The molecule has 160 valence electrons. The predicted molar refractivity (Wildman–Crippen MR) is 105 cm³/mol. The number of nitrogens with two attached hydrogens (primary N) is 2. The molecule has 5 atom stereocenters. The van der Waals surface area contributed by atoms with E-state index in [1.165, 1.54) is 6.92 Å². The molecule has 12 nitrogen and oxygen atoms in total. The Hall–Kier alpha value is -2.03. The van der Waals surface area contributed by atoms with Crippen LogP contribution in [0, 0.1) is 0 Å². The Kier molecular flexibility index (Phi) is 11.5. The lowest BCUT2D eigenvalue weighted by molar-refractivity contribution is -0.142. The fourth-order valence-electron chi connectivity index (χ4n) is 1.88. The fraction of sp³-hybridized carbons (Fsp3) is 0.643. The van der Waals surface area contributed by atoms with Crippen molar-refractivity contribution >= 4 is 54.9 Å². The number of primary amides is 1. The van der Waals surface area contributed by atoms with Crippen molar-refractivity contribution in [2.45, 2.75) is 43.6 Å². The maximum Gasteiger partial charge on any atom is 0.327 e. The van der Waals surface area contributed by atoms with Crippen LogP contribution < -0.4 is 27.4 Å². The molecule has 0 saturated heterocycles. The summed E-state index contributed by atoms with van der Waals surface area (Å²) in [5, 5.41) is 25.2. The van der Waals surface area contributed by atoms with Gasteiger partial charge in [0.15, 0.2) is 0 Å². The van der Waals surface area contributed by atoms with Gasteiger partial charge in [-0.1, -0.05) is 0 Å². The number of carbonyl (C=O) groups is 5. The molecule has 0 saturated carbocycles. The molecule has 5 unspecified atom stereocenters. The minimum absolute atomic E-state index is 0.0320. The van der Waals surface area contributed by atoms with Crippen molar-refractivity contribution in [3.05, 3.63) is 0 Å². The highest BCUT2D eigenvalue weighted by molar-refractivity contribution is 7.80. The van der Waals surface area contributed by atoms with Gasteiger partial charge in [0, 0.05) is 11.5 Å². The first-order chi connectivity index (χ1) is 12.9. The molecule has 4 amide bonds.